The Morgan fingerprint density at radius 3 is 2.55 bits per heavy atom. The molecule has 1 heterocycles. The van der Waals surface area contributed by atoms with Gasteiger partial charge in [0.15, 0.2) is 0 Å². The number of carbonyl (C=O) groups excluding carboxylic acids is 2. The molecular weight excluding hydrogens is 276 g/mol. The van der Waals surface area contributed by atoms with Gasteiger partial charge in [-0.05, 0) is 37.3 Å². The molecule has 0 bridgehead atoms. The number of hydrogen-bond donors (Lipinski definition) is 1. The van der Waals surface area contributed by atoms with Crippen molar-refractivity contribution >= 4 is 11.8 Å². The van der Waals surface area contributed by atoms with E-state index in [-0.39, 0.29) is 11.8 Å². The maximum Gasteiger partial charge on any atom is 0.251 e. The lowest BCUT2D eigenvalue weighted by Crippen LogP contribution is -2.43. The average Bonchev–Trinajstić information content (AvgIpc) is 2.46. The van der Waals surface area contributed by atoms with E-state index in [2.05, 4.69) is 19.2 Å². The number of benzene rings is 1. The molecule has 0 spiro atoms. The van der Waals surface area contributed by atoms with Gasteiger partial charge in [0.05, 0.1) is 0 Å². The number of carbonyl (C=O) groups is 2. The summed E-state index contributed by atoms with van der Waals surface area (Å²) in [5.74, 6) is 1.16. The molecule has 22 heavy (non-hydrogen) atoms. The average molecular weight is 302 g/mol. The van der Waals surface area contributed by atoms with Gasteiger partial charge in [-0.25, -0.2) is 0 Å². The van der Waals surface area contributed by atoms with E-state index in [1.807, 2.05) is 30.0 Å². The fourth-order valence-electron chi connectivity index (χ4n) is 3.20. The smallest absolute Gasteiger partial charge is 0.251 e. The van der Waals surface area contributed by atoms with Crippen LogP contribution in [0.4, 0.5) is 0 Å². The highest BCUT2D eigenvalue weighted by Crippen LogP contribution is 2.21. The first-order chi connectivity index (χ1) is 10.5. The molecule has 1 aliphatic rings. The fourth-order valence-corrected chi connectivity index (χ4v) is 3.20. The lowest BCUT2D eigenvalue weighted by atomic mass is 9.92. The number of likely N-dealkylation sites (tertiary alicyclic amines) is 1. The molecule has 1 aromatic carbocycles. The van der Waals surface area contributed by atoms with Crippen LogP contribution in [0, 0.1) is 18.8 Å². The number of aryl methyl sites for hydroxylation is 1. The standard InChI is InChI=1S/C18H26N2O2/c1-13-5-4-6-16(10-13)18(22)19-8-7-17(21)20-11-14(2)9-15(3)12-20/h4-6,10,14-15H,7-9,11-12H2,1-3H3,(H,19,22)/t14-,15-/m0/s1. The molecule has 1 saturated heterocycles. The molecule has 0 saturated carbocycles. The van der Waals surface area contributed by atoms with Crippen molar-refractivity contribution in [2.24, 2.45) is 11.8 Å². The predicted molar refractivity (Wildman–Crippen MR) is 87.7 cm³/mol. The molecule has 1 fully saturated rings. The molecule has 2 atom stereocenters. The van der Waals surface area contributed by atoms with Gasteiger partial charge in [-0.2, -0.15) is 0 Å². The Kier molecular flexibility index (Phi) is 5.58. The van der Waals surface area contributed by atoms with Crippen molar-refractivity contribution in [1.82, 2.24) is 10.2 Å². The van der Waals surface area contributed by atoms with E-state index < -0.39 is 0 Å². The highest BCUT2D eigenvalue weighted by molar-refractivity contribution is 5.94. The lowest BCUT2D eigenvalue weighted by molar-refractivity contribution is -0.133. The molecule has 0 radical (unpaired) electrons. The molecule has 0 unspecified atom stereocenters. The van der Waals surface area contributed by atoms with Crippen molar-refractivity contribution in [3.8, 4) is 0 Å². The summed E-state index contributed by atoms with van der Waals surface area (Å²) in [7, 11) is 0. The molecule has 4 heteroatoms. The zero-order valence-corrected chi connectivity index (χ0v) is 13.8. The maximum atomic E-state index is 12.2. The third-order valence-electron chi connectivity index (χ3n) is 4.13. The number of nitrogens with zero attached hydrogens (tertiary/aromatic N) is 1. The Hall–Kier alpha value is -1.84. The van der Waals surface area contributed by atoms with Crippen LogP contribution in [0.3, 0.4) is 0 Å². The number of hydrogen-bond acceptors (Lipinski definition) is 2. The van der Waals surface area contributed by atoms with Gasteiger partial charge in [0.1, 0.15) is 0 Å². The number of piperidine rings is 1. The van der Waals surface area contributed by atoms with E-state index in [0.29, 0.717) is 30.4 Å². The van der Waals surface area contributed by atoms with Gasteiger partial charge in [-0.3, -0.25) is 9.59 Å². The van der Waals surface area contributed by atoms with Crippen LogP contribution in [0.25, 0.3) is 0 Å². The van der Waals surface area contributed by atoms with Crippen LogP contribution in [0.1, 0.15) is 42.6 Å². The van der Waals surface area contributed by atoms with Gasteiger partial charge in [0.25, 0.3) is 5.91 Å². The van der Waals surface area contributed by atoms with Crippen molar-refractivity contribution in [2.75, 3.05) is 19.6 Å². The predicted octanol–water partition coefficient (Wildman–Crippen LogP) is 2.62. The molecular formula is C18H26N2O2. The minimum absolute atomic E-state index is 0.114. The number of amides is 2. The molecule has 1 N–H and O–H groups in total. The summed E-state index contributed by atoms with van der Waals surface area (Å²) in [5, 5.41) is 2.83. The minimum Gasteiger partial charge on any atom is -0.352 e. The molecule has 0 aliphatic carbocycles. The van der Waals surface area contributed by atoms with Crippen molar-refractivity contribution in [1.29, 1.82) is 0 Å². The third-order valence-corrected chi connectivity index (χ3v) is 4.13. The maximum absolute atomic E-state index is 12.2. The minimum atomic E-state index is -0.114. The molecule has 120 valence electrons. The van der Waals surface area contributed by atoms with Gasteiger partial charge < -0.3 is 10.2 Å². The summed E-state index contributed by atoms with van der Waals surface area (Å²) in [6, 6.07) is 7.47. The first kappa shape index (κ1) is 16.5. The van der Waals surface area contributed by atoms with Gasteiger partial charge >= 0.3 is 0 Å². The first-order valence-electron chi connectivity index (χ1n) is 8.08. The first-order valence-corrected chi connectivity index (χ1v) is 8.08. The highest BCUT2D eigenvalue weighted by Gasteiger charge is 2.24. The van der Waals surface area contributed by atoms with E-state index in [4.69, 9.17) is 0 Å². The summed E-state index contributed by atoms with van der Waals surface area (Å²) in [6.45, 7) is 8.42. The fraction of sp³-hybridized carbons (Fsp3) is 0.556. The van der Waals surface area contributed by atoms with Crippen LogP contribution < -0.4 is 5.32 Å². The quantitative estimate of drug-likeness (QED) is 0.929. The molecule has 1 aliphatic heterocycles. The molecule has 2 amide bonds. The summed E-state index contributed by atoms with van der Waals surface area (Å²) in [6.07, 6.45) is 1.56. The van der Waals surface area contributed by atoms with Crippen molar-refractivity contribution in [2.45, 2.75) is 33.6 Å². The molecule has 0 aromatic heterocycles. The second-order valence-corrected chi connectivity index (χ2v) is 6.62. The van der Waals surface area contributed by atoms with Crippen LogP contribution in [-0.4, -0.2) is 36.3 Å². The summed E-state index contributed by atoms with van der Waals surface area (Å²) in [5.41, 5.74) is 1.70. The van der Waals surface area contributed by atoms with E-state index in [1.165, 1.54) is 6.42 Å². The summed E-state index contributed by atoms with van der Waals surface area (Å²) < 4.78 is 0. The summed E-state index contributed by atoms with van der Waals surface area (Å²) >= 11 is 0. The van der Waals surface area contributed by atoms with Crippen molar-refractivity contribution in [3.63, 3.8) is 0 Å². The summed E-state index contributed by atoms with van der Waals surface area (Å²) in [4.78, 5) is 26.2. The van der Waals surface area contributed by atoms with Gasteiger partial charge in [-0.15, -0.1) is 0 Å². The molecule has 4 nitrogen and oxygen atoms in total. The normalized spacial score (nSPS) is 21.5. The van der Waals surface area contributed by atoms with Crippen molar-refractivity contribution in [3.05, 3.63) is 35.4 Å². The van der Waals surface area contributed by atoms with Gasteiger partial charge in [0.2, 0.25) is 5.91 Å². The Labute approximate surface area is 132 Å². The molecule has 1 aromatic rings. The number of rotatable bonds is 4. The Balaban J connectivity index is 1.78. The van der Waals surface area contributed by atoms with E-state index in [9.17, 15) is 9.59 Å². The zero-order valence-electron chi connectivity index (χ0n) is 13.8. The lowest BCUT2D eigenvalue weighted by Gasteiger charge is -2.35. The monoisotopic (exact) mass is 302 g/mol. The van der Waals surface area contributed by atoms with Gasteiger partial charge in [-0.1, -0.05) is 31.5 Å². The highest BCUT2D eigenvalue weighted by atomic mass is 16.2. The van der Waals surface area contributed by atoms with Crippen LogP contribution in [0.15, 0.2) is 24.3 Å². The third kappa shape index (κ3) is 4.58. The second-order valence-electron chi connectivity index (χ2n) is 6.62. The SMILES string of the molecule is Cc1cccc(C(=O)NCCC(=O)N2C[C@@H](C)C[C@H](C)C2)c1. The Morgan fingerprint density at radius 2 is 1.91 bits per heavy atom. The van der Waals surface area contributed by atoms with E-state index in [1.54, 1.807) is 6.07 Å². The zero-order chi connectivity index (χ0) is 16.1. The largest absolute Gasteiger partial charge is 0.352 e. The Morgan fingerprint density at radius 1 is 1.23 bits per heavy atom. The van der Waals surface area contributed by atoms with Crippen LogP contribution >= 0.6 is 0 Å². The van der Waals surface area contributed by atoms with E-state index in [0.717, 1.165) is 18.7 Å². The Bertz CT molecular complexity index is 532. The topological polar surface area (TPSA) is 49.4 Å². The second kappa shape index (κ2) is 7.43. The van der Waals surface area contributed by atoms with Crippen LogP contribution in [0.2, 0.25) is 0 Å². The van der Waals surface area contributed by atoms with E-state index >= 15 is 0 Å². The van der Waals surface area contributed by atoms with Gasteiger partial charge in [0, 0.05) is 31.6 Å². The van der Waals surface area contributed by atoms with Crippen LogP contribution in [-0.2, 0) is 4.79 Å². The molecule has 2 rings (SSSR count). The number of nitrogens with one attached hydrogen (secondary N) is 1. The van der Waals surface area contributed by atoms with Crippen LogP contribution in [0.5, 0.6) is 0 Å². The van der Waals surface area contributed by atoms with Crippen molar-refractivity contribution < 1.29 is 9.59 Å².